The summed E-state index contributed by atoms with van der Waals surface area (Å²) in [6.07, 6.45) is 7.12. The molecule has 1 aliphatic rings. The number of aromatic nitrogens is 2. The molecule has 0 amide bonds. The second-order valence-corrected chi connectivity index (χ2v) is 6.77. The van der Waals surface area contributed by atoms with E-state index in [4.69, 9.17) is 4.74 Å². The van der Waals surface area contributed by atoms with Crippen LogP contribution in [0.1, 0.15) is 5.56 Å². The molecule has 21 heavy (non-hydrogen) atoms. The van der Waals surface area contributed by atoms with Gasteiger partial charge in [-0.05, 0) is 18.2 Å². The molecule has 106 valence electrons. The number of esters is 1. The first-order valence-corrected chi connectivity index (χ1v) is 7.77. The van der Waals surface area contributed by atoms with Crippen molar-refractivity contribution in [2.75, 3.05) is 7.11 Å². The first kappa shape index (κ1) is 14.3. The molecule has 0 unspecified atom stereocenters. The van der Waals surface area contributed by atoms with Crippen LogP contribution in [0.3, 0.4) is 0 Å². The van der Waals surface area contributed by atoms with Crippen LogP contribution < -0.4 is 0 Å². The third-order valence-corrected chi connectivity index (χ3v) is 4.90. The Bertz CT molecular complexity index is 721. The smallest absolute Gasteiger partial charge is 0.356 e. The van der Waals surface area contributed by atoms with E-state index in [-0.39, 0.29) is 5.97 Å². The zero-order valence-corrected chi connectivity index (χ0v) is 14.0. The summed E-state index contributed by atoms with van der Waals surface area (Å²) >= 11 is 3.44. The van der Waals surface area contributed by atoms with Gasteiger partial charge in [-0.3, -0.25) is 4.98 Å². The third kappa shape index (κ3) is 2.88. The molecule has 0 fully saturated rings. The van der Waals surface area contributed by atoms with Crippen molar-refractivity contribution in [3.63, 3.8) is 0 Å². The maximum absolute atomic E-state index is 11.8. The van der Waals surface area contributed by atoms with E-state index in [0.717, 1.165) is 21.7 Å². The summed E-state index contributed by atoms with van der Waals surface area (Å²) in [6.45, 7) is 0. The molecule has 2 aromatic rings. The van der Waals surface area contributed by atoms with Crippen molar-refractivity contribution in [1.82, 2.24) is 12.5 Å². The predicted octanol–water partition coefficient (Wildman–Crippen LogP) is 3.33. The maximum Gasteiger partial charge on any atom is 0.356 e. The molecule has 0 aromatic carbocycles. The topological polar surface area (TPSA) is 55.3 Å². The molecule has 5 nitrogen and oxygen atoms in total. The van der Waals surface area contributed by atoms with Gasteiger partial charge < -0.3 is 4.74 Å². The van der Waals surface area contributed by atoms with Gasteiger partial charge >= 0.3 is 5.97 Å². The van der Waals surface area contributed by atoms with Gasteiger partial charge in [-0.2, -0.15) is 0 Å². The predicted molar refractivity (Wildman–Crippen MR) is 89.2 cm³/mol. The molecule has 0 bridgehead atoms. The van der Waals surface area contributed by atoms with Gasteiger partial charge in [0.2, 0.25) is 0 Å². The van der Waals surface area contributed by atoms with Crippen molar-refractivity contribution >= 4 is 46.9 Å². The van der Waals surface area contributed by atoms with Gasteiger partial charge in [-0.25, -0.2) is 12.3 Å². The van der Waals surface area contributed by atoms with E-state index >= 15 is 0 Å². The number of carbonyl (C=O) groups is 1. The van der Waals surface area contributed by atoms with Gasteiger partial charge in [0.25, 0.3) is 0 Å². The number of fused-ring (bicyclic) bond motifs is 1. The van der Waals surface area contributed by atoms with E-state index in [2.05, 4.69) is 32.8 Å². The molecule has 7 heteroatoms. The van der Waals surface area contributed by atoms with Crippen molar-refractivity contribution in [1.29, 1.82) is 0 Å². The van der Waals surface area contributed by atoms with Crippen molar-refractivity contribution in [3.05, 3.63) is 48.1 Å². The first-order valence-electron chi connectivity index (χ1n) is 6.03. The summed E-state index contributed by atoms with van der Waals surface area (Å²) in [5.74, 6) is -0.366. The third-order valence-electron chi connectivity index (χ3n) is 2.92. The molecule has 1 aliphatic heterocycles. The quantitative estimate of drug-likeness (QED) is 0.327. The van der Waals surface area contributed by atoms with Crippen LogP contribution in [0.4, 0.5) is 0 Å². The van der Waals surface area contributed by atoms with Crippen molar-refractivity contribution in [2.45, 2.75) is 5.03 Å². The lowest BCUT2D eigenvalue weighted by Gasteiger charge is -2.22. The summed E-state index contributed by atoms with van der Waals surface area (Å²) in [6, 6.07) is 5.85. The minimum absolute atomic E-state index is 0.366. The van der Waals surface area contributed by atoms with Gasteiger partial charge in [0.05, 0.1) is 30.0 Å². The van der Waals surface area contributed by atoms with E-state index in [1.54, 1.807) is 21.0 Å². The monoisotopic (exact) mass is 411 g/mol. The lowest BCUT2D eigenvalue weighted by molar-refractivity contribution is -0.136. The highest BCUT2D eigenvalue weighted by molar-refractivity contribution is 14.1. The van der Waals surface area contributed by atoms with E-state index < -0.39 is 0 Å². The lowest BCUT2D eigenvalue weighted by atomic mass is 10.1. The van der Waals surface area contributed by atoms with Crippen molar-refractivity contribution < 1.29 is 9.53 Å². The summed E-state index contributed by atoms with van der Waals surface area (Å²) in [7, 11) is 1.37. The molecule has 0 radical (unpaired) electrons. The highest BCUT2D eigenvalue weighted by Gasteiger charge is 2.24. The Hall–Kier alpha value is -1.61. The Morgan fingerprint density at radius 3 is 2.95 bits per heavy atom. The van der Waals surface area contributed by atoms with Crippen LogP contribution in [0, 0.1) is 0 Å². The number of hydrogen-bond acceptors (Lipinski definition) is 6. The normalized spacial score (nSPS) is 13.4. The van der Waals surface area contributed by atoms with Crippen LogP contribution in [-0.2, 0) is 9.53 Å². The molecule has 0 saturated carbocycles. The molecule has 0 atom stereocenters. The van der Waals surface area contributed by atoms with Gasteiger partial charge in [0.1, 0.15) is 10.7 Å². The number of halogens is 1. The van der Waals surface area contributed by atoms with E-state index in [9.17, 15) is 4.79 Å². The molecule has 0 N–H and O–H groups in total. The van der Waals surface area contributed by atoms with Crippen LogP contribution >= 0.6 is 34.8 Å². The van der Waals surface area contributed by atoms with Gasteiger partial charge in [-0.1, -0.05) is 6.07 Å². The number of rotatable bonds is 2. The fourth-order valence-corrected chi connectivity index (χ4v) is 3.50. The molecular weight excluding hydrogens is 401 g/mol. The van der Waals surface area contributed by atoms with Crippen molar-refractivity contribution in [3.8, 4) is 11.1 Å². The molecule has 0 saturated heterocycles. The van der Waals surface area contributed by atoms with E-state index in [0.29, 0.717) is 5.70 Å². The molecule has 0 aliphatic carbocycles. The minimum Gasteiger partial charge on any atom is -0.464 e. The van der Waals surface area contributed by atoms with Crippen LogP contribution in [0.25, 0.3) is 17.2 Å². The zero-order chi connectivity index (χ0) is 14.8. The van der Waals surface area contributed by atoms with Gasteiger partial charge in [0.15, 0.2) is 0 Å². The molecule has 3 heterocycles. The molecule has 2 aromatic heterocycles. The molecular formula is C14H10IN3O2S. The van der Waals surface area contributed by atoms with Crippen molar-refractivity contribution in [2.24, 2.45) is 0 Å². The first-order chi connectivity index (χ1) is 10.2. The summed E-state index contributed by atoms with van der Waals surface area (Å²) in [5.41, 5.74) is 3.34. The number of hydrogen-bond donors (Lipinski definition) is 0. The van der Waals surface area contributed by atoms with Crippen LogP contribution in [0.5, 0.6) is 0 Å². The maximum atomic E-state index is 11.8. The number of pyridine rings is 2. The van der Waals surface area contributed by atoms with Gasteiger partial charge in [-0.15, -0.1) is 0 Å². The fourth-order valence-electron chi connectivity index (χ4n) is 1.90. The standard InChI is InChI=1S/C14H10IN3O2S/c1-20-14(19)12-6-10-5-11(9-3-2-4-16-7-9)8-17-13(10)21-18(12)15/h2-8H,1H3. The van der Waals surface area contributed by atoms with Crippen LogP contribution in [0.15, 0.2) is 47.5 Å². The highest BCUT2D eigenvalue weighted by atomic mass is 127. The SMILES string of the molecule is COC(=O)C1=Cc2cc(-c3cccnc3)cnc2SN1I. The number of nitrogens with zero attached hydrogens (tertiary/aromatic N) is 3. The largest absolute Gasteiger partial charge is 0.464 e. The Kier molecular flexibility index (Phi) is 4.11. The Labute approximate surface area is 140 Å². The summed E-state index contributed by atoms with van der Waals surface area (Å²) < 4.78 is 6.52. The van der Waals surface area contributed by atoms with E-state index in [1.807, 2.05) is 24.4 Å². The second kappa shape index (κ2) is 6.02. The Morgan fingerprint density at radius 1 is 1.38 bits per heavy atom. The number of methoxy groups -OCH3 is 1. The van der Waals surface area contributed by atoms with E-state index in [1.165, 1.54) is 19.1 Å². The average molecular weight is 411 g/mol. The van der Waals surface area contributed by atoms with Crippen LogP contribution in [0.2, 0.25) is 0 Å². The minimum atomic E-state index is -0.366. The Balaban J connectivity index is 2.04. The fraction of sp³-hybridized carbons (Fsp3) is 0.0714. The summed E-state index contributed by atoms with van der Waals surface area (Å²) in [5, 5.41) is 0.852. The number of carbonyl (C=O) groups excluding carboxylic acids is 1. The van der Waals surface area contributed by atoms with Gasteiger partial charge in [0, 0.05) is 47.2 Å². The Morgan fingerprint density at radius 2 is 2.24 bits per heavy atom. The zero-order valence-electron chi connectivity index (χ0n) is 11.0. The summed E-state index contributed by atoms with van der Waals surface area (Å²) in [4.78, 5) is 20.3. The second-order valence-electron chi connectivity index (χ2n) is 4.22. The number of ether oxygens (including phenoxy) is 1. The molecule has 3 rings (SSSR count). The lowest BCUT2D eigenvalue weighted by Crippen LogP contribution is -2.17. The highest BCUT2D eigenvalue weighted by Crippen LogP contribution is 2.39. The van der Waals surface area contributed by atoms with Crippen LogP contribution in [-0.4, -0.2) is 25.6 Å². The molecule has 0 spiro atoms. The average Bonchev–Trinajstić information content (AvgIpc) is 2.54.